The number of hydrogen-bond acceptors (Lipinski definition) is 7. The van der Waals surface area contributed by atoms with Gasteiger partial charge in [0, 0.05) is 44.6 Å². The zero-order valence-electron chi connectivity index (χ0n) is 22.3. The fraction of sp³-hybridized carbons (Fsp3) is 0.467. The third kappa shape index (κ3) is 8.17. The lowest BCUT2D eigenvalue weighted by Gasteiger charge is -2.29. The van der Waals surface area contributed by atoms with E-state index in [4.69, 9.17) is 4.74 Å². The molecule has 5 rings (SSSR count). The van der Waals surface area contributed by atoms with Crippen molar-refractivity contribution in [1.29, 1.82) is 0 Å². The third-order valence-electron chi connectivity index (χ3n) is 7.70. The Labute approximate surface area is 234 Å². The molecule has 0 spiro atoms. The molecule has 1 aliphatic heterocycles. The van der Waals surface area contributed by atoms with Crippen LogP contribution in [0.5, 0.6) is 0 Å². The van der Waals surface area contributed by atoms with Gasteiger partial charge in [0.1, 0.15) is 5.01 Å². The van der Waals surface area contributed by atoms with Crippen molar-refractivity contribution < 1.29 is 14.3 Å². The number of rotatable bonds is 10. The topological polar surface area (TPSA) is 96.5 Å². The number of amides is 2. The molecule has 0 bridgehead atoms. The van der Waals surface area contributed by atoms with Crippen LogP contribution in [0.25, 0.3) is 0 Å². The summed E-state index contributed by atoms with van der Waals surface area (Å²) in [4.78, 5) is 27.5. The highest BCUT2D eigenvalue weighted by Gasteiger charge is 2.24. The molecule has 9 heteroatoms. The Morgan fingerprint density at radius 1 is 0.949 bits per heavy atom. The molecule has 2 aromatic carbocycles. The molecule has 2 heterocycles. The van der Waals surface area contributed by atoms with E-state index in [0.29, 0.717) is 41.9 Å². The number of anilines is 1. The Balaban J connectivity index is 1.03. The number of ether oxygens (including phenoxy) is 1. The first-order valence-corrected chi connectivity index (χ1v) is 14.8. The number of morpholine rings is 1. The molecule has 1 saturated heterocycles. The average molecular weight is 548 g/mol. The molecule has 2 N–H and O–H groups in total. The molecule has 1 saturated carbocycles. The molecular formula is C30H37N5O3S. The molecule has 2 aliphatic rings. The standard InChI is InChI=1S/C30H37N5O3S/c36-27(31-14-15-35-16-18-38-19-17-35)20-23-6-8-24(9-7-23)25-10-12-26(13-11-25)29(37)32-30-34-33-28(39-30)21-22-4-2-1-3-5-22/h1-5,10-13,23-24H,6-9,14-21H2,(H,31,36)(H,32,34,37)/t23-,24-. The number of aromatic nitrogens is 2. The molecular weight excluding hydrogens is 510 g/mol. The Bertz CT molecular complexity index is 1200. The minimum Gasteiger partial charge on any atom is -0.379 e. The lowest BCUT2D eigenvalue weighted by atomic mass is 9.77. The van der Waals surface area contributed by atoms with Crippen molar-refractivity contribution in [3.05, 3.63) is 76.3 Å². The summed E-state index contributed by atoms with van der Waals surface area (Å²) >= 11 is 1.40. The number of nitrogens with zero attached hydrogens (tertiary/aromatic N) is 3. The SMILES string of the molecule is O=C(C[C@H]1CC[C@H](c2ccc(C(=O)Nc3nnc(Cc4ccccc4)s3)cc2)CC1)NCCN1CCOCC1. The molecule has 0 atom stereocenters. The first kappa shape index (κ1) is 27.4. The lowest BCUT2D eigenvalue weighted by Crippen LogP contribution is -2.41. The number of carbonyl (C=O) groups is 2. The van der Waals surface area contributed by atoms with E-state index in [1.807, 2.05) is 30.3 Å². The zero-order chi connectivity index (χ0) is 26.9. The average Bonchev–Trinajstić information content (AvgIpc) is 3.41. The van der Waals surface area contributed by atoms with Crippen LogP contribution < -0.4 is 10.6 Å². The van der Waals surface area contributed by atoms with E-state index in [0.717, 1.165) is 63.5 Å². The van der Waals surface area contributed by atoms with E-state index in [9.17, 15) is 9.59 Å². The maximum atomic E-state index is 12.8. The van der Waals surface area contributed by atoms with Gasteiger partial charge in [0.05, 0.1) is 13.2 Å². The summed E-state index contributed by atoms with van der Waals surface area (Å²) in [5, 5.41) is 15.7. The van der Waals surface area contributed by atoms with Gasteiger partial charge < -0.3 is 10.1 Å². The highest BCUT2D eigenvalue weighted by Crippen LogP contribution is 2.37. The summed E-state index contributed by atoms with van der Waals surface area (Å²) in [5.74, 6) is 0.928. The van der Waals surface area contributed by atoms with E-state index >= 15 is 0 Å². The summed E-state index contributed by atoms with van der Waals surface area (Å²) in [5.41, 5.74) is 3.04. The van der Waals surface area contributed by atoms with Crippen LogP contribution in [0.2, 0.25) is 0 Å². The smallest absolute Gasteiger partial charge is 0.257 e. The van der Waals surface area contributed by atoms with Crippen LogP contribution in [-0.4, -0.2) is 66.3 Å². The normalized spacial score (nSPS) is 19.9. The Kier molecular flexibility index (Phi) is 9.69. The van der Waals surface area contributed by atoms with Gasteiger partial charge in [0.2, 0.25) is 11.0 Å². The van der Waals surface area contributed by atoms with Crippen molar-refractivity contribution in [2.45, 2.75) is 44.4 Å². The highest BCUT2D eigenvalue weighted by molar-refractivity contribution is 7.15. The first-order chi connectivity index (χ1) is 19.1. The number of nitrogens with one attached hydrogen (secondary N) is 2. The van der Waals surface area contributed by atoms with Gasteiger partial charge in [-0.25, -0.2) is 0 Å². The second kappa shape index (κ2) is 13.8. The minimum absolute atomic E-state index is 0.171. The van der Waals surface area contributed by atoms with Crippen molar-refractivity contribution in [1.82, 2.24) is 20.4 Å². The summed E-state index contributed by atoms with van der Waals surface area (Å²) in [7, 11) is 0. The van der Waals surface area contributed by atoms with E-state index in [1.54, 1.807) is 0 Å². The summed E-state index contributed by atoms with van der Waals surface area (Å²) in [6.07, 6.45) is 5.59. The Hall–Kier alpha value is -3.14. The first-order valence-electron chi connectivity index (χ1n) is 14.0. The Morgan fingerprint density at radius 3 is 2.44 bits per heavy atom. The molecule has 1 aromatic heterocycles. The molecule has 0 unspecified atom stereocenters. The zero-order valence-corrected chi connectivity index (χ0v) is 23.1. The molecule has 2 amide bonds. The van der Waals surface area contributed by atoms with Crippen molar-refractivity contribution in [2.24, 2.45) is 5.92 Å². The molecule has 8 nitrogen and oxygen atoms in total. The molecule has 39 heavy (non-hydrogen) atoms. The maximum absolute atomic E-state index is 12.8. The Morgan fingerprint density at radius 2 is 1.69 bits per heavy atom. The van der Waals surface area contributed by atoms with Gasteiger partial charge in [-0.15, -0.1) is 10.2 Å². The third-order valence-corrected chi connectivity index (χ3v) is 8.54. The van der Waals surface area contributed by atoms with Crippen LogP contribution in [0, 0.1) is 5.92 Å². The van der Waals surface area contributed by atoms with Crippen molar-refractivity contribution >= 4 is 28.3 Å². The van der Waals surface area contributed by atoms with Crippen LogP contribution >= 0.6 is 11.3 Å². The number of benzene rings is 2. The lowest BCUT2D eigenvalue weighted by molar-refractivity contribution is -0.122. The summed E-state index contributed by atoms with van der Waals surface area (Å²) < 4.78 is 5.37. The van der Waals surface area contributed by atoms with Gasteiger partial charge in [-0.3, -0.25) is 19.8 Å². The molecule has 3 aromatic rings. The second-order valence-corrected chi connectivity index (χ2v) is 11.5. The van der Waals surface area contributed by atoms with E-state index < -0.39 is 0 Å². The van der Waals surface area contributed by atoms with Gasteiger partial charge in [0.25, 0.3) is 5.91 Å². The van der Waals surface area contributed by atoms with Crippen LogP contribution in [0.1, 0.15) is 64.5 Å². The van der Waals surface area contributed by atoms with Gasteiger partial charge in [-0.2, -0.15) is 0 Å². The van der Waals surface area contributed by atoms with Crippen molar-refractivity contribution in [2.75, 3.05) is 44.7 Å². The van der Waals surface area contributed by atoms with Gasteiger partial charge in [-0.1, -0.05) is 53.8 Å². The summed E-state index contributed by atoms with van der Waals surface area (Å²) in [6, 6.07) is 18.0. The van der Waals surface area contributed by atoms with Gasteiger partial charge in [-0.05, 0) is 60.8 Å². The van der Waals surface area contributed by atoms with Crippen LogP contribution in [-0.2, 0) is 16.0 Å². The van der Waals surface area contributed by atoms with Crippen LogP contribution in [0.4, 0.5) is 5.13 Å². The second-order valence-electron chi connectivity index (χ2n) is 10.5. The summed E-state index contributed by atoms with van der Waals surface area (Å²) in [6.45, 7) is 5.07. The van der Waals surface area contributed by atoms with E-state index in [-0.39, 0.29) is 11.8 Å². The quantitative estimate of drug-likeness (QED) is 0.388. The molecule has 206 valence electrons. The van der Waals surface area contributed by atoms with Crippen LogP contribution in [0.15, 0.2) is 54.6 Å². The molecule has 0 radical (unpaired) electrons. The largest absolute Gasteiger partial charge is 0.379 e. The number of carbonyl (C=O) groups excluding carboxylic acids is 2. The molecule has 1 aliphatic carbocycles. The van der Waals surface area contributed by atoms with E-state index in [2.05, 4.69) is 50.0 Å². The van der Waals surface area contributed by atoms with Crippen molar-refractivity contribution in [3.8, 4) is 0 Å². The fourth-order valence-electron chi connectivity index (χ4n) is 5.43. The fourth-order valence-corrected chi connectivity index (χ4v) is 6.20. The van der Waals surface area contributed by atoms with Crippen LogP contribution in [0.3, 0.4) is 0 Å². The highest BCUT2D eigenvalue weighted by atomic mass is 32.1. The predicted molar refractivity (Wildman–Crippen MR) is 153 cm³/mol. The minimum atomic E-state index is -0.174. The number of hydrogen-bond donors (Lipinski definition) is 2. The van der Waals surface area contributed by atoms with Gasteiger partial charge >= 0.3 is 0 Å². The predicted octanol–water partition coefficient (Wildman–Crippen LogP) is 4.49. The van der Waals surface area contributed by atoms with Gasteiger partial charge in [0.15, 0.2) is 0 Å². The molecule has 2 fully saturated rings. The van der Waals surface area contributed by atoms with Crippen molar-refractivity contribution in [3.63, 3.8) is 0 Å². The van der Waals surface area contributed by atoms with E-state index in [1.165, 1.54) is 22.5 Å². The maximum Gasteiger partial charge on any atom is 0.257 e. The monoisotopic (exact) mass is 547 g/mol.